The second-order valence-corrected chi connectivity index (χ2v) is 5.80. The molecule has 2 heteroatoms. The number of hydrogen-bond donors (Lipinski definition) is 0. The van der Waals surface area contributed by atoms with Gasteiger partial charge < -0.3 is 0 Å². The maximum Gasteiger partial charge on any atom is 0.0429 e. The molecule has 0 aromatic carbocycles. The van der Waals surface area contributed by atoms with Gasteiger partial charge in [-0.3, -0.25) is 9.97 Å². The Morgan fingerprint density at radius 2 is 1.45 bits per heavy atom. The molecule has 0 aliphatic carbocycles. The molecule has 2 nitrogen and oxygen atoms in total. The summed E-state index contributed by atoms with van der Waals surface area (Å²) >= 11 is 0. The van der Waals surface area contributed by atoms with Crippen molar-refractivity contribution in [2.24, 2.45) is 0 Å². The predicted molar refractivity (Wildman–Crippen MR) is 86.1 cm³/mol. The zero-order valence-electron chi connectivity index (χ0n) is 13.5. The maximum atomic E-state index is 4.28. The molecule has 2 rings (SSSR count). The van der Waals surface area contributed by atoms with Crippen LogP contribution in [0, 0.1) is 13.8 Å². The van der Waals surface area contributed by atoms with Gasteiger partial charge in [0.1, 0.15) is 0 Å². The first-order valence-corrected chi connectivity index (χ1v) is 7.25. The zero-order chi connectivity index (χ0) is 15.1. The molecule has 0 saturated carbocycles. The van der Waals surface area contributed by atoms with Crippen LogP contribution in [0.4, 0.5) is 0 Å². The third-order valence-corrected chi connectivity index (χ3v) is 3.13. The molecule has 0 saturated heterocycles. The lowest BCUT2D eigenvalue weighted by atomic mass is 10.1. The van der Waals surface area contributed by atoms with Crippen molar-refractivity contribution >= 4 is 0 Å². The Morgan fingerprint density at radius 1 is 0.750 bits per heavy atom. The molecular formula is C18H26N2. The summed E-state index contributed by atoms with van der Waals surface area (Å²) in [6.45, 7) is 12.7. The van der Waals surface area contributed by atoms with E-state index in [0.29, 0.717) is 11.8 Å². The summed E-state index contributed by atoms with van der Waals surface area (Å²) in [5.74, 6) is 1.13. The van der Waals surface area contributed by atoms with E-state index in [1.807, 2.05) is 19.3 Å². The van der Waals surface area contributed by atoms with E-state index in [-0.39, 0.29) is 0 Å². The lowest BCUT2D eigenvalue weighted by Crippen LogP contribution is -1.90. The number of nitrogens with zero attached hydrogens (tertiary/aromatic N) is 2. The summed E-state index contributed by atoms with van der Waals surface area (Å²) in [7, 11) is 0. The van der Waals surface area contributed by atoms with Crippen LogP contribution in [0.1, 0.15) is 62.0 Å². The van der Waals surface area contributed by atoms with E-state index in [4.69, 9.17) is 0 Å². The first kappa shape index (κ1) is 16.4. The molecule has 0 spiro atoms. The van der Waals surface area contributed by atoms with Crippen LogP contribution in [0.25, 0.3) is 0 Å². The van der Waals surface area contributed by atoms with Crippen molar-refractivity contribution in [2.75, 3.05) is 0 Å². The first-order valence-electron chi connectivity index (χ1n) is 7.25. The van der Waals surface area contributed by atoms with Crippen molar-refractivity contribution in [1.82, 2.24) is 9.97 Å². The summed E-state index contributed by atoms with van der Waals surface area (Å²) in [4.78, 5) is 8.48. The maximum absolute atomic E-state index is 4.28. The normalized spacial score (nSPS) is 10.4. The average molecular weight is 270 g/mol. The van der Waals surface area contributed by atoms with Gasteiger partial charge in [0, 0.05) is 23.8 Å². The molecule has 2 aromatic heterocycles. The molecule has 0 bridgehead atoms. The molecule has 108 valence electrons. The first-order chi connectivity index (χ1) is 9.40. The Balaban J connectivity index is 0.000000200. The van der Waals surface area contributed by atoms with Gasteiger partial charge in [0.05, 0.1) is 0 Å². The van der Waals surface area contributed by atoms with Crippen LogP contribution in [-0.2, 0) is 0 Å². The van der Waals surface area contributed by atoms with Crippen molar-refractivity contribution in [2.45, 2.75) is 53.4 Å². The molecule has 0 radical (unpaired) electrons. The molecule has 0 aliphatic heterocycles. The van der Waals surface area contributed by atoms with Gasteiger partial charge in [-0.05, 0) is 48.9 Å². The number of hydrogen-bond acceptors (Lipinski definition) is 2. The summed E-state index contributed by atoms with van der Waals surface area (Å²) in [5, 5.41) is 0. The highest BCUT2D eigenvalue weighted by atomic mass is 14.7. The quantitative estimate of drug-likeness (QED) is 0.765. The Labute approximate surface area is 123 Å². The van der Waals surface area contributed by atoms with E-state index in [9.17, 15) is 0 Å². The highest BCUT2D eigenvalue weighted by molar-refractivity contribution is 5.16. The summed E-state index contributed by atoms with van der Waals surface area (Å²) in [6, 6.07) is 8.37. The van der Waals surface area contributed by atoms with Crippen LogP contribution in [-0.4, -0.2) is 9.97 Å². The van der Waals surface area contributed by atoms with Gasteiger partial charge in [-0.25, -0.2) is 0 Å². The monoisotopic (exact) mass is 270 g/mol. The fourth-order valence-corrected chi connectivity index (χ4v) is 1.64. The molecule has 0 unspecified atom stereocenters. The van der Waals surface area contributed by atoms with Gasteiger partial charge in [0.2, 0.25) is 0 Å². The van der Waals surface area contributed by atoms with Crippen LogP contribution in [0.5, 0.6) is 0 Å². The Hall–Kier alpha value is -1.70. The van der Waals surface area contributed by atoms with Crippen molar-refractivity contribution in [3.8, 4) is 0 Å². The van der Waals surface area contributed by atoms with Gasteiger partial charge in [0.25, 0.3) is 0 Å². The molecule has 0 amide bonds. The van der Waals surface area contributed by atoms with Crippen LogP contribution < -0.4 is 0 Å². The molecule has 0 N–H and O–H groups in total. The van der Waals surface area contributed by atoms with Crippen molar-refractivity contribution < 1.29 is 0 Å². The molecule has 0 atom stereocenters. The van der Waals surface area contributed by atoms with Crippen LogP contribution in [0.15, 0.2) is 36.7 Å². The van der Waals surface area contributed by atoms with Gasteiger partial charge in [-0.1, -0.05) is 39.8 Å². The Kier molecular flexibility index (Phi) is 6.37. The van der Waals surface area contributed by atoms with Crippen LogP contribution >= 0.6 is 0 Å². The summed E-state index contributed by atoms with van der Waals surface area (Å²) in [6.07, 6.45) is 3.86. The largest absolute Gasteiger partial charge is 0.261 e. The second-order valence-electron chi connectivity index (χ2n) is 5.80. The topological polar surface area (TPSA) is 25.8 Å². The molecule has 20 heavy (non-hydrogen) atoms. The second kappa shape index (κ2) is 7.78. The predicted octanol–water partition coefficient (Wildman–Crippen LogP) is 5.03. The molecule has 2 heterocycles. The lowest BCUT2D eigenvalue weighted by molar-refractivity contribution is 0.821. The highest BCUT2D eigenvalue weighted by Crippen LogP contribution is 2.12. The molecule has 2 aromatic rings. The Bertz CT molecular complexity index is 446. The molecular weight excluding hydrogens is 244 g/mol. The lowest BCUT2D eigenvalue weighted by Gasteiger charge is -2.02. The van der Waals surface area contributed by atoms with Gasteiger partial charge in [-0.15, -0.1) is 0 Å². The van der Waals surface area contributed by atoms with E-state index < -0.39 is 0 Å². The van der Waals surface area contributed by atoms with E-state index in [2.05, 4.69) is 68.9 Å². The summed E-state index contributed by atoms with van der Waals surface area (Å²) < 4.78 is 0. The fraction of sp³-hybridized carbons (Fsp3) is 0.444. The SMILES string of the molecule is Cc1ccc(C(C)C)cn1.Cc1ccc(C(C)C)nc1. The molecule has 0 aliphatic rings. The van der Waals surface area contributed by atoms with Crippen LogP contribution in [0.3, 0.4) is 0 Å². The zero-order valence-corrected chi connectivity index (χ0v) is 13.5. The third kappa shape index (κ3) is 5.52. The van der Waals surface area contributed by atoms with Gasteiger partial charge in [-0.2, -0.15) is 0 Å². The van der Waals surface area contributed by atoms with E-state index in [1.54, 1.807) is 0 Å². The molecule has 0 fully saturated rings. The minimum absolute atomic E-state index is 0.542. The van der Waals surface area contributed by atoms with Crippen molar-refractivity contribution in [1.29, 1.82) is 0 Å². The standard InChI is InChI=1S/2C9H13N/c1-7(2)9-5-4-8(3)10-6-9;1-7(2)9-5-4-8(3)6-10-9/h2*4-7H,1-3H3. The number of aryl methyl sites for hydroxylation is 2. The highest BCUT2D eigenvalue weighted by Gasteiger charge is 1.97. The van der Waals surface area contributed by atoms with E-state index >= 15 is 0 Å². The van der Waals surface area contributed by atoms with Gasteiger partial charge >= 0.3 is 0 Å². The number of pyridine rings is 2. The summed E-state index contributed by atoms with van der Waals surface area (Å²) in [5.41, 5.74) is 4.80. The minimum Gasteiger partial charge on any atom is -0.261 e. The van der Waals surface area contributed by atoms with Crippen molar-refractivity contribution in [3.63, 3.8) is 0 Å². The van der Waals surface area contributed by atoms with Crippen LogP contribution in [0.2, 0.25) is 0 Å². The van der Waals surface area contributed by atoms with E-state index in [1.165, 1.54) is 16.8 Å². The number of rotatable bonds is 2. The van der Waals surface area contributed by atoms with Crippen molar-refractivity contribution in [3.05, 3.63) is 59.2 Å². The van der Waals surface area contributed by atoms with E-state index in [0.717, 1.165) is 5.69 Å². The smallest absolute Gasteiger partial charge is 0.0429 e. The number of aromatic nitrogens is 2. The average Bonchev–Trinajstić information content (AvgIpc) is 2.40. The van der Waals surface area contributed by atoms with Gasteiger partial charge in [0.15, 0.2) is 0 Å². The fourth-order valence-electron chi connectivity index (χ4n) is 1.64. The minimum atomic E-state index is 0.542. The Morgan fingerprint density at radius 3 is 1.85 bits per heavy atom. The third-order valence-electron chi connectivity index (χ3n) is 3.13.